The van der Waals surface area contributed by atoms with Crippen LogP contribution in [0.5, 0.6) is 0 Å². The molecule has 1 aromatic rings. The second-order valence-corrected chi connectivity index (χ2v) is 6.85. The molecule has 1 saturated heterocycles. The minimum Gasteiger partial charge on any atom is -0.339 e. The molecule has 0 radical (unpaired) electrons. The van der Waals surface area contributed by atoms with E-state index in [2.05, 4.69) is 0 Å². The number of amides is 1. The Morgan fingerprint density at radius 2 is 1.91 bits per heavy atom. The summed E-state index contributed by atoms with van der Waals surface area (Å²) in [6.45, 7) is 6.38. The largest absolute Gasteiger partial charge is 0.416 e. The monoisotopic (exact) mass is 328 g/mol. The molecule has 1 heterocycles. The molecule has 2 rings (SSSR count). The third-order valence-corrected chi connectivity index (χ3v) is 4.70. The number of likely N-dealkylation sites (tertiary alicyclic amines) is 1. The predicted molar refractivity (Wildman–Crippen MR) is 82.8 cm³/mol. The van der Waals surface area contributed by atoms with E-state index in [9.17, 15) is 18.0 Å². The lowest BCUT2D eigenvalue weighted by molar-refractivity contribution is -0.139. The van der Waals surface area contributed by atoms with Crippen molar-refractivity contribution in [2.75, 3.05) is 13.1 Å². The highest BCUT2D eigenvalue weighted by Gasteiger charge is 2.41. The number of hydrogen-bond donors (Lipinski definition) is 1. The maximum Gasteiger partial charge on any atom is 0.416 e. The van der Waals surface area contributed by atoms with Gasteiger partial charge in [0.2, 0.25) is 5.91 Å². The van der Waals surface area contributed by atoms with Crippen LogP contribution in [0.25, 0.3) is 0 Å². The van der Waals surface area contributed by atoms with E-state index < -0.39 is 17.2 Å². The minimum absolute atomic E-state index is 0.0566. The number of alkyl halides is 3. The Morgan fingerprint density at radius 3 is 2.43 bits per heavy atom. The highest BCUT2D eigenvalue weighted by atomic mass is 19.4. The van der Waals surface area contributed by atoms with Gasteiger partial charge in [-0.1, -0.05) is 18.2 Å². The molecule has 0 bridgehead atoms. The first-order valence-corrected chi connectivity index (χ1v) is 7.76. The summed E-state index contributed by atoms with van der Waals surface area (Å²) in [6.07, 6.45) is -3.58. The van der Waals surface area contributed by atoms with Gasteiger partial charge in [-0.15, -0.1) is 0 Å². The topological polar surface area (TPSA) is 46.3 Å². The standard InChI is InChI=1S/C17H23F3N2O/c1-11-7-12(9-21)10-22(11)15(23)16(2,3)13-5-4-6-14(8-13)17(18,19)20/h4-6,8,11-12H,7,9-10,21H2,1-3H3. The van der Waals surface area contributed by atoms with Crippen molar-refractivity contribution in [2.45, 2.75) is 44.8 Å². The van der Waals surface area contributed by atoms with Gasteiger partial charge in [0.05, 0.1) is 11.0 Å². The molecule has 0 aliphatic carbocycles. The van der Waals surface area contributed by atoms with Crippen LogP contribution in [0.1, 0.15) is 38.3 Å². The van der Waals surface area contributed by atoms with E-state index in [1.54, 1.807) is 24.8 Å². The normalized spacial score (nSPS) is 22.5. The predicted octanol–water partition coefficient (Wildman–Crippen LogP) is 3.18. The number of nitrogens with two attached hydrogens (primary N) is 1. The molecule has 1 amide bonds. The molecular weight excluding hydrogens is 305 g/mol. The molecule has 3 nitrogen and oxygen atoms in total. The molecule has 23 heavy (non-hydrogen) atoms. The smallest absolute Gasteiger partial charge is 0.339 e. The Labute approximate surface area is 134 Å². The first-order chi connectivity index (χ1) is 10.6. The van der Waals surface area contributed by atoms with E-state index in [0.717, 1.165) is 18.6 Å². The summed E-state index contributed by atoms with van der Waals surface area (Å²) in [5, 5.41) is 0. The Hall–Kier alpha value is -1.56. The van der Waals surface area contributed by atoms with E-state index in [1.807, 2.05) is 6.92 Å². The van der Waals surface area contributed by atoms with Crippen LogP contribution in [0.2, 0.25) is 0 Å². The fourth-order valence-corrected chi connectivity index (χ4v) is 3.16. The highest BCUT2D eigenvalue weighted by molar-refractivity contribution is 5.88. The Kier molecular flexibility index (Phi) is 4.76. The third-order valence-electron chi connectivity index (χ3n) is 4.70. The van der Waals surface area contributed by atoms with Crippen molar-refractivity contribution in [1.82, 2.24) is 4.90 Å². The summed E-state index contributed by atoms with van der Waals surface area (Å²) in [5.74, 6) is 0.103. The summed E-state index contributed by atoms with van der Waals surface area (Å²) in [4.78, 5) is 14.7. The molecule has 2 unspecified atom stereocenters. The van der Waals surface area contributed by atoms with Gasteiger partial charge in [0.25, 0.3) is 0 Å². The zero-order valence-corrected chi connectivity index (χ0v) is 13.7. The Balaban J connectivity index is 2.29. The highest BCUT2D eigenvalue weighted by Crippen LogP contribution is 2.35. The molecule has 6 heteroatoms. The lowest BCUT2D eigenvalue weighted by Crippen LogP contribution is -2.45. The minimum atomic E-state index is -4.42. The van der Waals surface area contributed by atoms with Crippen molar-refractivity contribution in [1.29, 1.82) is 0 Å². The van der Waals surface area contributed by atoms with Crippen LogP contribution in [0.3, 0.4) is 0 Å². The Bertz CT molecular complexity index is 583. The lowest BCUT2D eigenvalue weighted by atomic mass is 9.82. The third kappa shape index (κ3) is 3.52. The fraction of sp³-hybridized carbons (Fsp3) is 0.588. The molecular formula is C17H23F3N2O. The van der Waals surface area contributed by atoms with E-state index in [0.29, 0.717) is 18.7 Å². The van der Waals surface area contributed by atoms with Crippen molar-refractivity contribution in [3.8, 4) is 0 Å². The van der Waals surface area contributed by atoms with Crippen molar-refractivity contribution in [3.63, 3.8) is 0 Å². The van der Waals surface area contributed by atoms with Gasteiger partial charge in [0, 0.05) is 12.6 Å². The molecule has 1 aromatic carbocycles. The van der Waals surface area contributed by atoms with Gasteiger partial charge in [-0.3, -0.25) is 4.79 Å². The van der Waals surface area contributed by atoms with Gasteiger partial charge in [0.15, 0.2) is 0 Å². The Morgan fingerprint density at radius 1 is 1.30 bits per heavy atom. The van der Waals surface area contributed by atoms with Gasteiger partial charge in [0.1, 0.15) is 0 Å². The zero-order chi connectivity index (χ0) is 17.4. The molecule has 1 aliphatic rings. The molecule has 1 fully saturated rings. The quantitative estimate of drug-likeness (QED) is 0.926. The average Bonchev–Trinajstić information content (AvgIpc) is 2.86. The number of carbonyl (C=O) groups excluding carboxylic acids is 1. The second kappa shape index (κ2) is 6.15. The van der Waals surface area contributed by atoms with Gasteiger partial charge in [-0.05, 0) is 51.3 Å². The van der Waals surface area contributed by atoms with Crippen LogP contribution in [0.4, 0.5) is 13.2 Å². The van der Waals surface area contributed by atoms with Gasteiger partial charge in [-0.2, -0.15) is 13.2 Å². The number of halogens is 3. The summed E-state index contributed by atoms with van der Waals surface area (Å²) in [5.41, 5.74) is 4.31. The first-order valence-electron chi connectivity index (χ1n) is 7.76. The van der Waals surface area contributed by atoms with Crippen molar-refractivity contribution < 1.29 is 18.0 Å². The summed E-state index contributed by atoms with van der Waals surface area (Å²) in [7, 11) is 0. The van der Waals surface area contributed by atoms with Gasteiger partial charge < -0.3 is 10.6 Å². The molecule has 2 atom stereocenters. The summed E-state index contributed by atoms with van der Waals surface area (Å²) >= 11 is 0. The van der Waals surface area contributed by atoms with Gasteiger partial charge in [-0.25, -0.2) is 0 Å². The van der Waals surface area contributed by atoms with Crippen LogP contribution >= 0.6 is 0 Å². The maximum atomic E-state index is 12.9. The van der Waals surface area contributed by atoms with Crippen LogP contribution in [-0.2, 0) is 16.4 Å². The summed E-state index contributed by atoms with van der Waals surface area (Å²) in [6, 6.07) is 5.07. The van der Waals surface area contributed by atoms with E-state index >= 15 is 0 Å². The maximum absolute atomic E-state index is 12.9. The van der Waals surface area contributed by atoms with E-state index in [4.69, 9.17) is 5.73 Å². The van der Waals surface area contributed by atoms with Crippen molar-refractivity contribution >= 4 is 5.91 Å². The van der Waals surface area contributed by atoms with Crippen molar-refractivity contribution in [2.24, 2.45) is 11.7 Å². The average molecular weight is 328 g/mol. The van der Waals surface area contributed by atoms with Crippen LogP contribution in [-0.4, -0.2) is 29.9 Å². The molecule has 1 aliphatic heterocycles. The fourth-order valence-electron chi connectivity index (χ4n) is 3.16. The number of benzene rings is 1. The molecule has 0 spiro atoms. The first kappa shape index (κ1) is 17.8. The van der Waals surface area contributed by atoms with Crippen LogP contribution in [0, 0.1) is 5.92 Å². The van der Waals surface area contributed by atoms with E-state index in [1.165, 1.54) is 6.07 Å². The van der Waals surface area contributed by atoms with E-state index in [-0.39, 0.29) is 17.9 Å². The lowest BCUT2D eigenvalue weighted by Gasteiger charge is -2.32. The number of hydrogen-bond acceptors (Lipinski definition) is 2. The summed E-state index contributed by atoms with van der Waals surface area (Å²) < 4.78 is 38.7. The second-order valence-electron chi connectivity index (χ2n) is 6.85. The number of rotatable bonds is 3. The van der Waals surface area contributed by atoms with Crippen molar-refractivity contribution in [3.05, 3.63) is 35.4 Å². The van der Waals surface area contributed by atoms with Crippen LogP contribution < -0.4 is 5.73 Å². The number of nitrogens with zero attached hydrogens (tertiary/aromatic N) is 1. The molecule has 0 saturated carbocycles. The SMILES string of the molecule is CC1CC(CN)CN1C(=O)C(C)(C)c1cccc(C(F)(F)F)c1. The number of carbonyl (C=O) groups is 1. The molecule has 2 N–H and O–H groups in total. The van der Waals surface area contributed by atoms with Gasteiger partial charge >= 0.3 is 6.18 Å². The van der Waals surface area contributed by atoms with Crippen LogP contribution in [0.15, 0.2) is 24.3 Å². The molecule has 0 aromatic heterocycles. The molecule has 128 valence electrons. The zero-order valence-electron chi connectivity index (χ0n) is 13.7.